The number of fused-ring (bicyclic) bond motifs is 3. The van der Waals surface area contributed by atoms with Crippen molar-refractivity contribution in [3.05, 3.63) is 61.5 Å². The van der Waals surface area contributed by atoms with Crippen molar-refractivity contribution < 1.29 is 0 Å². The Balaban J connectivity index is 1.74. The fourth-order valence-electron chi connectivity index (χ4n) is 3.01. The zero-order chi connectivity index (χ0) is 15.8. The molecular formula is C18H15ClN2OS. The molecule has 0 unspecified atom stereocenters. The van der Waals surface area contributed by atoms with Crippen molar-refractivity contribution in [2.45, 2.75) is 25.7 Å². The third-order valence-electron chi connectivity index (χ3n) is 4.15. The van der Waals surface area contributed by atoms with Gasteiger partial charge in [-0.05, 0) is 55.0 Å². The quantitative estimate of drug-likeness (QED) is 0.734. The number of nitrogens with zero attached hydrogens (tertiary/aromatic N) is 1. The van der Waals surface area contributed by atoms with Crippen molar-refractivity contribution in [2.24, 2.45) is 0 Å². The number of aromatic amines is 1. The van der Waals surface area contributed by atoms with Crippen molar-refractivity contribution in [3.63, 3.8) is 0 Å². The van der Waals surface area contributed by atoms with Gasteiger partial charge < -0.3 is 4.98 Å². The largest absolute Gasteiger partial charge is 0.306 e. The second-order valence-corrected chi connectivity index (χ2v) is 7.25. The zero-order valence-corrected chi connectivity index (χ0v) is 14.0. The van der Waals surface area contributed by atoms with Gasteiger partial charge in [-0.2, -0.15) is 0 Å². The summed E-state index contributed by atoms with van der Waals surface area (Å²) in [4.78, 5) is 22.2. The second-order valence-electron chi connectivity index (χ2n) is 5.73. The summed E-state index contributed by atoms with van der Waals surface area (Å²) in [6.07, 6.45) is 8.21. The minimum Gasteiger partial charge on any atom is -0.306 e. The molecule has 1 aliphatic rings. The summed E-state index contributed by atoms with van der Waals surface area (Å²) in [6.45, 7) is 0. The number of thiophene rings is 1. The highest BCUT2D eigenvalue weighted by molar-refractivity contribution is 7.18. The number of hydrogen-bond acceptors (Lipinski definition) is 3. The van der Waals surface area contributed by atoms with Crippen LogP contribution in [0.4, 0.5) is 0 Å². The van der Waals surface area contributed by atoms with Crippen LogP contribution >= 0.6 is 22.9 Å². The highest BCUT2D eigenvalue weighted by Crippen LogP contribution is 2.33. The van der Waals surface area contributed by atoms with Gasteiger partial charge in [-0.15, -0.1) is 11.3 Å². The summed E-state index contributed by atoms with van der Waals surface area (Å²) in [7, 11) is 0. The molecule has 1 N–H and O–H groups in total. The first-order valence-corrected chi connectivity index (χ1v) is 8.88. The Labute approximate surface area is 142 Å². The van der Waals surface area contributed by atoms with E-state index in [1.165, 1.54) is 16.9 Å². The summed E-state index contributed by atoms with van der Waals surface area (Å²) in [5.74, 6) is 0.594. The monoisotopic (exact) mass is 342 g/mol. The van der Waals surface area contributed by atoms with E-state index in [0.717, 1.165) is 35.0 Å². The number of rotatable bonds is 2. The molecule has 0 fully saturated rings. The van der Waals surface area contributed by atoms with Crippen molar-refractivity contribution in [1.29, 1.82) is 0 Å². The molecule has 4 rings (SSSR count). The first-order valence-electron chi connectivity index (χ1n) is 7.69. The van der Waals surface area contributed by atoms with Gasteiger partial charge in [0.2, 0.25) is 0 Å². The number of hydrogen-bond donors (Lipinski definition) is 1. The van der Waals surface area contributed by atoms with Crippen LogP contribution in [0.1, 0.15) is 34.7 Å². The second kappa shape index (κ2) is 5.95. The summed E-state index contributed by atoms with van der Waals surface area (Å²) >= 11 is 7.55. The Morgan fingerprint density at radius 3 is 2.74 bits per heavy atom. The fourth-order valence-corrected chi connectivity index (χ4v) is 4.40. The number of nitrogens with one attached hydrogen (secondary N) is 1. The molecule has 116 valence electrons. The molecule has 0 aliphatic heterocycles. The maximum Gasteiger partial charge on any atom is 0.260 e. The lowest BCUT2D eigenvalue weighted by Crippen LogP contribution is -2.11. The number of halogens is 1. The van der Waals surface area contributed by atoms with E-state index in [0.29, 0.717) is 10.8 Å². The molecule has 0 radical (unpaired) electrons. The standard InChI is InChI=1S/C18H15ClN2OS/c19-12-8-5-11(6-9-12)7-10-15-20-17(22)16-13-3-1-2-4-14(13)23-18(16)21-15/h5-10H,1-4H2,(H,20,21,22)/b10-7+. The van der Waals surface area contributed by atoms with Crippen molar-refractivity contribution in [3.8, 4) is 0 Å². The smallest absolute Gasteiger partial charge is 0.260 e. The summed E-state index contributed by atoms with van der Waals surface area (Å²) in [6, 6.07) is 7.54. The van der Waals surface area contributed by atoms with E-state index in [1.807, 2.05) is 36.4 Å². The SMILES string of the molecule is O=c1[nH]c(/C=C/c2ccc(Cl)cc2)nc2sc3c(c12)CCCC3. The molecule has 0 saturated heterocycles. The molecule has 0 amide bonds. The number of benzene rings is 1. The Morgan fingerprint density at radius 2 is 1.91 bits per heavy atom. The van der Waals surface area contributed by atoms with Gasteiger partial charge >= 0.3 is 0 Å². The lowest BCUT2D eigenvalue weighted by molar-refractivity contribution is 0.700. The number of aryl methyl sites for hydroxylation is 2. The van der Waals surface area contributed by atoms with Crippen molar-refractivity contribution in [1.82, 2.24) is 9.97 Å². The third-order valence-corrected chi connectivity index (χ3v) is 5.58. The molecule has 5 heteroatoms. The van der Waals surface area contributed by atoms with Crippen LogP contribution in [-0.4, -0.2) is 9.97 Å². The molecule has 23 heavy (non-hydrogen) atoms. The molecule has 2 aromatic heterocycles. The molecule has 0 spiro atoms. The van der Waals surface area contributed by atoms with Gasteiger partial charge in [-0.1, -0.05) is 29.8 Å². The van der Waals surface area contributed by atoms with E-state index in [1.54, 1.807) is 11.3 Å². The van der Waals surface area contributed by atoms with Crippen LogP contribution in [0.2, 0.25) is 5.02 Å². The van der Waals surface area contributed by atoms with Crippen LogP contribution in [0, 0.1) is 0 Å². The summed E-state index contributed by atoms with van der Waals surface area (Å²) in [5.41, 5.74) is 2.21. The molecular weight excluding hydrogens is 328 g/mol. The molecule has 0 bridgehead atoms. The van der Waals surface area contributed by atoms with Crippen LogP contribution in [0.5, 0.6) is 0 Å². The van der Waals surface area contributed by atoms with Gasteiger partial charge in [-0.3, -0.25) is 4.79 Å². The molecule has 1 aromatic carbocycles. The average Bonchev–Trinajstić information content (AvgIpc) is 2.93. The molecule has 2 heterocycles. The van der Waals surface area contributed by atoms with Gasteiger partial charge in [0.05, 0.1) is 5.39 Å². The first kappa shape index (κ1) is 14.7. The van der Waals surface area contributed by atoms with E-state index in [4.69, 9.17) is 11.6 Å². The van der Waals surface area contributed by atoms with E-state index < -0.39 is 0 Å². The van der Waals surface area contributed by atoms with Crippen LogP contribution in [0.15, 0.2) is 29.1 Å². The van der Waals surface area contributed by atoms with Crippen LogP contribution in [-0.2, 0) is 12.8 Å². The summed E-state index contributed by atoms with van der Waals surface area (Å²) < 4.78 is 0. The molecule has 0 atom stereocenters. The molecule has 1 aliphatic carbocycles. The molecule has 3 nitrogen and oxygen atoms in total. The Hall–Kier alpha value is -1.91. The van der Waals surface area contributed by atoms with E-state index in [9.17, 15) is 4.79 Å². The molecule has 3 aromatic rings. The lowest BCUT2D eigenvalue weighted by Gasteiger charge is -2.09. The fraction of sp³-hybridized carbons (Fsp3) is 0.222. The highest BCUT2D eigenvalue weighted by Gasteiger charge is 2.19. The van der Waals surface area contributed by atoms with Crippen molar-refractivity contribution in [2.75, 3.05) is 0 Å². The van der Waals surface area contributed by atoms with Gasteiger partial charge in [0.1, 0.15) is 10.7 Å². The highest BCUT2D eigenvalue weighted by atomic mass is 35.5. The Bertz CT molecular complexity index is 954. The van der Waals surface area contributed by atoms with Crippen molar-refractivity contribution >= 4 is 45.3 Å². The van der Waals surface area contributed by atoms with E-state index in [2.05, 4.69) is 9.97 Å². The first-order chi connectivity index (χ1) is 11.2. The van der Waals surface area contributed by atoms with Crippen LogP contribution in [0.3, 0.4) is 0 Å². The van der Waals surface area contributed by atoms with Crippen LogP contribution in [0.25, 0.3) is 22.4 Å². The predicted octanol–water partition coefficient (Wildman–Crippen LogP) is 4.69. The Kier molecular flexibility index (Phi) is 3.79. The van der Waals surface area contributed by atoms with Gasteiger partial charge in [0.25, 0.3) is 5.56 Å². The predicted molar refractivity (Wildman–Crippen MR) is 97.3 cm³/mol. The summed E-state index contributed by atoms with van der Waals surface area (Å²) in [5, 5.41) is 1.51. The zero-order valence-electron chi connectivity index (χ0n) is 12.4. The normalized spacial score (nSPS) is 14.5. The van der Waals surface area contributed by atoms with Gasteiger partial charge in [0, 0.05) is 9.90 Å². The van der Waals surface area contributed by atoms with Gasteiger partial charge in [-0.25, -0.2) is 4.98 Å². The molecule has 0 saturated carbocycles. The maximum absolute atomic E-state index is 12.4. The van der Waals surface area contributed by atoms with E-state index >= 15 is 0 Å². The lowest BCUT2D eigenvalue weighted by atomic mass is 9.97. The van der Waals surface area contributed by atoms with Gasteiger partial charge in [0.15, 0.2) is 0 Å². The average molecular weight is 343 g/mol. The number of H-pyrrole nitrogens is 1. The maximum atomic E-state index is 12.4. The van der Waals surface area contributed by atoms with E-state index in [-0.39, 0.29) is 5.56 Å². The Morgan fingerprint density at radius 1 is 1.13 bits per heavy atom. The third kappa shape index (κ3) is 2.84. The van der Waals surface area contributed by atoms with Crippen LogP contribution < -0.4 is 5.56 Å². The minimum absolute atomic E-state index is 0.0230. The topological polar surface area (TPSA) is 45.8 Å². The minimum atomic E-state index is -0.0230. The number of aromatic nitrogens is 2.